The molecule has 0 heterocycles. The van der Waals surface area contributed by atoms with E-state index in [1.54, 1.807) is 12.1 Å². The number of rotatable bonds is 5. The van der Waals surface area contributed by atoms with E-state index in [9.17, 15) is 8.42 Å². The van der Waals surface area contributed by atoms with Gasteiger partial charge >= 0.3 is 0 Å². The van der Waals surface area contributed by atoms with E-state index in [-0.39, 0.29) is 0 Å². The molecule has 0 aromatic heterocycles. The third-order valence-corrected chi connectivity index (χ3v) is 4.88. The standard InChI is InChI=1S/C15H15O2S2/c1-19(16,17)15-9-7-14(8-10-15)12-18-11-13-5-3-2-4-6-13/h3-10H,11-12H2,1H3. The molecular weight excluding hydrogens is 276 g/mol. The fraction of sp³-hybridized carbons (Fsp3) is 0.200. The zero-order chi connectivity index (χ0) is 13.7. The molecule has 0 atom stereocenters. The lowest BCUT2D eigenvalue weighted by Crippen LogP contribution is -1.96. The summed E-state index contributed by atoms with van der Waals surface area (Å²) in [5.74, 6) is 1.82. The van der Waals surface area contributed by atoms with Crippen molar-refractivity contribution in [3.63, 3.8) is 0 Å². The van der Waals surface area contributed by atoms with Gasteiger partial charge in [-0.05, 0) is 29.3 Å². The van der Waals surface area contributed by atoms with Gasteiger partial charge in [0.1, 0.15) is 0 Å². The van der Waals surface area contributed by atoms with Crippen molar-refractivity contribution in [3.05, 3.63) is 65.7 Å². The molecule has 0 aliphatic rings. The Labute approximate surface area is 118 Å². The zero-order valence-electron chi connectivity index (χ0n) is 10.7. The summed E-state index contributed by atoms with van der Waals surface area (Å²) in [6, 6.07) is 18.0. The predicted molar refractivity (Wildman–Crippen MR) is 79.8 cm³/mol. The van der Waals surface area contributed by atoms with Crippen LogP contribution in [0.5, 0.6) is 0 Å². The molecule has 99 valence electrons. The van der Waals surface area contributed by atoms with Crippen LogP contribution in [0.2, 0.25) is 0 Å². The van der Waals surface area contributed by atoms with Gasteiger partial charge in [0.2, 0.25) is 0 Å². The summed E-state index contributed by atoms with van der Waals surface area (Å²) in [7, 11) is -3.09. The molecule has 0 aliphatic carbocycles. The maximum atomic E-state index is 11.3. The first kappa shape index (κ1) is 14.2. The highest BCUT2D eigenvalue weighted by Crippen LogP contribution is 2.19. The van der Waals surface area contributed by atoms with Crippen molar-refractivity contribution in [2.24, 2.45) is 0 Å². The summed E-state index contributed by atoms with van der Waals surface area (Å²) in [4.78, 5) is 0.375. The quantitative estimate of drug-likeness (QED) is 0.847. The SMILES string of the molecule is CS(=O)(=O)c1ccc(CSCc2cc[c]cc2)cc1. The van der Waals surface area contributed by atoms with Gasteiger partial charge in [0, 0.05) is 17.8 Å². The topological polar surface area (TPSA) is 34.1 Å². The van der Waals surface area contributed by atoms with Crippen molar-refractivity contribution in [2.45, 2.75) is 16.4 Å². The van der Waals surface area contributed by atoms with Crippen molar-refractivity contribution in [1.29, 1.82) is 0 Å². The number of sulfone groups is 1. The number of thioether (sulfide) groups is 1. The Bertz CT molecular complexity index is 617. The molecule has 0 amide bonds. The second-order valence-electron chi connectivity index (χ2n) is 4.32. The first-order valence-electron chi connectivity index (χ1n) is 5.87. The molecule has 19 heavy (non-hydrogen) atoms. The number of hydrogen-bond donors (Lipinski definition) is 0. The lowest BCUT2D eigenvalue weighted by molar-refractivity contribution is 0.602. The molecule has 0 bridgehead atoms. The molecule has 0 saturated heterocycles. The zero-order valence-corrected chi connectivity index (χ0v) is 12.3. The van der Waals surface area contributed by atoms with Gasteiger partial charge in [-0.15, -0.1) is 0 Å². The highest BCUT2D eigenvalue weighted by Gasteiger charge is 2.05. The summed E-state index contributed by atoms with van der Waals surface area (Å²) < 4.78 is 22.7. The van der Waals surface area contributed by atoms with Crippen molar-refractivity contribution in [1.82, 2.24) is 0 Å². The smallest absolute Gasteiger partial charge is 0.175 e. The molecule has 1 radical (unpaired) electrons. The van der Waals surface area contributed by atoms with Crippen molar-refractivity contribution in [3.8, 4) is 0 Å². The van der Waals surface area contributed by atoms with E-state index in [1.165, 1.54) is 11.8 Å². The third kappa shape index (κ3) is 4.40. The predicted octanol–water partition coefficient (Wildman–Crippen LogP) is 3.32. The largest absolute Gasteiger partial charge is 0.224 e. The minimum absolute atomic E-state index is 0.375. The molecule has 0 saturated carbocycles. The molecule has 0 spiro atoms. The van der Waals surface area contributed by atoms with Gasteiger partial charge in [0.05, 0.1) is 4.90 Å². The highest BCUT2D eigenvalue weighted by molar-refractivity contribution is 7.97. The van der Waals surface area contributed by atoms with E-state index in [2.05, 4.69) is 18.2 Å². The Kier molecular flexibility index (Phi) is 4.66. The van der Waals surface area contributed by atoms with E-state index in [1.807, 2.05) is 36.0 Å². The first-order chi connectivity index (χ1) is 9.05. The lowest BCUT2D eigenvalue weighted by atomic mass is 10.2. The van der Waals surface area contributed by atoms with E-state index in [0.717, 1.165) is 17.1 Å². The monoisotopic (exact) mass is 291 g/mol. The molecule has 2 aromatic carbocycles. The summed E-state index contributed by atoms with van der Waals surface area (Å²) in [5, 5.41) is 0. The van der Waals surface area contributed by atoms with Crippen LogP contribution in [0.1, 0.15) is 11.1 Å². The summed E-state index contributed by atoms with van der Waals surface area (Å²) >= 11 is 1.81. The molecule has 0 unspecified atom stereocenters. The van der Waals surface area contributed by atoms with Crippen LogP contribution in [0.25, 0.3) is 0 Å². The van der Waals surface area contributed by atoms with Crippen LogP contribution < -0.4 is 0 Å². The van der Waals surface area contributed by atoms with Crippen LogP contribution in [0.15, 0.2) is 53.4 Å². The van der Waals surface area contributed by atoms with Gasteiger partial charge in [-0.25, -0.2) is 8.42 Å². The van der Waals surface area contributed by atoms with Crippen LogP contribution in [-0.2, 0) is 21.3 Å². The van der Waals surface area contributed by atoms with E-state index in [0.29, 0.717) is 4.90 Å². The number of hydrogen-bond acceptors (Lipinski definition) is 3. The summed E-state index contributed by atoms with van der Waals surface area (Å²) in [6.07, 6.45) is 1.23. The molecule has 0 N–H and O–H groups in total. The summed E-state index contributed by atoms with van der Waals surface area (Å²) in [5.41, 5.74) is 2.41. The Morgan fingerprint density at radius 2 is 1.47 bits per heavy atom. The number of benzene rings is 2. The molecule has 2 rings (SSSR count). The van der Waals surface area contributed by atoms with Gasteiger partial charge in [0.25, 0.3) is 0 Å². The Morgan fingerprint density at radius 1 is 0.947 bits per heavy atom. The van der Waals surface area contributed by atoms with Crippen molar-refractivity contribution >= 4 is 21.6 Å². The Morgan fingerprint density at radius 3 is 2.00 bits per heavy atom. The molecule has 2 nitrogen and oxygen atoms in total. The van der Waals surface area contributed by atoms with Crippen LogP contribution >= 0.6 is 11.8 Å². The maximum absolute atomic E-state index is 11.3. The van der Waals surface area contributed by atoms with Gasteiger partial charge in [-0.3, -0.25) is 0 Å². The molecule has 2 aromatic rings. The minimum atomic E-state index is -3.09. The molecule has 0 aliphatic heterocycles. The van der Waals surface area contributed by atoms with Gasteiger partial charge in [-0.2, -0.15) is 11.8 Å². The first-order valence-corrected chi connectivity index (χ1v) is 8.92. The molecule has 4 heteroatoms. The van der Waals surface area contributed by atoms with Crippen LogP contribution in [0, 0.1) is 6.07 Å². The van der Waals surface area contributed by atoms with E-state index < -0.39 is 9.84 Å². The van der Waals surface area contributed by atoms with Crippen LogP contribution in [-0.4, -0.2) is 14.7 Å². The second-order valence-corrected chi connectivity index (χ2v) is 7.32. The van der Waals surface area contributed by atoms with Gasteiger partial charge < -0.3 is 0 Å². The van der Waals surface area contributed by atoms with E-state index >= 15 is 0 Å². The summed E-state index contributed by atoms with van der Waals surface area (Å²) in [6.45, 7) is 0. The van der Waals surface area contributed by atoms with Crippen molar-refractivity contribution in [2.75, 3.05) is 6.26 Å². The molecular formula is C15H15O2S2. The maximum Gasteiger partial charge on any atom is 0.175 e. The van der Waals surface area contributed by atoms with Crippen LogP contribution in [0.3, 0.4) is 0 Å². The van der Waals surface area contributed by atoms with Crippen LogP contribution in [0.4, 0.5) is 0 Å². The Hall–Kier alpha value is -1.26. The fourth-order valence-corrected chi connectivity index (χ4v) is 3.23. The lowest BCUT2D eigenvalue weighted by Gasteiger charge is -2.03. The highest BCUT2D eigenvalue weighted by atomic mass is 32.2. The average Bonchev–Trinajstić information content (AvgIpc) is 2.39. The Balaban J connectivity index is 1.90. The minimum Gasteiger partial charge on any atom is -0.224 e. The van der Waals surface area contributed by atoms with Gasteiger partial charge in [0.15, 0.2) is 9.84 Å². The molecule has 0 fully saturated rings. The fourth-order valence-electron chi connectivity index (χ4n) is 1.64. The average molecular weight is 291 g/mol. The third-order valence-electron chi connectivity index (χ3n) is 2.68. The second kappa shape index (κ2) is 6.26. The normalized spacial score (nSPS) is 11.4. The van der Waals surface area contributed by atoms with Gasteiger partial charge in [-0.1, -0.05) is 36.4 Å². The van der Waals surface area contributed by atoms with E-state index in [4.69, 9.17) is 0 Å². The van der Waals surface area contributed by atoms with Crippen molar-refractivity contribution < 1.29 is 8.42 Å².